The van der Waals surface area contributed by atoms with Crippen LogP contribution in [0.1, 0.15) is 24.4 Å². The number of H-pyrrole nitrogens is 1. The second kappa shape index (κ2) is 5.29. The number of aromatic nitrogens is 2. The molecule has 0 bridgehead atoms. The van der Waals surface area contributed by atoms with Gasteiger partial charge in [-0.15, -0.1) is 0 Å². The number of imidazole rings is 1. The maximum absolute atomic E-state index is 13.6. The zero-order valence-corrected chi connectivity index (χ0v) is 11.6. The topological polar surface area (TPSA) is 74.8 Å². The van der Waals surface area contributed by atoms with Gasteiger partial charge in [-0.3, -0.25) is 0 Å². The van der Waals surface area contributed by atoms with E-state index in [1.165, 1.54) is 6.92 Å². The van der Waals surface area contributed by atoms with Crippen molar-refractivity contribution in [2.45, 2.75) is 24.9 Å². The summed E-state index contributed by atoms with van der Waals surface area (Å²) < 4.78 is 53.0. The van der Waals surface area contributed by atoms with Gasteiger partial charge in [0, 0.05) is 11.6 Å². The molecule has 1 atom stereocenters. The van der Waals surface area contributed by atoms with Crippen LogP contribution >= 0.6 is 0 Å². The van der Waals surface area contributed by atoms with Gasteiger partial charge in [-0.25, -0.2) is 26.9 Å². The molecule has 0 saturated heterocycles. The number of hydrogen-bond acceptors (Lipinski definition) is 3. The first-order chi connectivity index (χ1) is 9.29. The summed E-state index contributed by atoms with van der Waals surface area (Å²) >= 11 is 0. The Balaban J connectivity index is 2.27. The normalized spacial score (nSPS) is 13.4. The van der Waals surface area contributed by atoms with E-state index in [1.807, 2.05) is 0 Å². The molecule has 1 heterocycles. The molecule has 0 saturated carbocycles. The minimum absolute atomic E-state index is 0.0650. The molecule has 0 spiro atoms. The van der Waals surface area contributed by atoms with E-state index in [9.17, 15) is 17.2 Å². The van der Waals surface area contributed by atoms with Gasteiger partial charge in [0.2, 0.25) is 0 Å². The second-order valence-corrected chi connectivity index (χ2v) is 6.02. The number of aryl methyl sites for hydroxylation is 1. The van der Waals surface area contributed by atoms with Crippen molar-refractivity contribution in [3.05, 3.63) is 47.4 Å². The van der Waals surface area contributed by atoms with Crippen molar-refractivity contribution in [3.63, 3.8) is 0 Å². The first-order valence-electron chi connectivity index (χ1n) is 5.78. The van der Waals surface area contributed by atoms with Crippen LogP contribution in [0, 0.1) is 18.6 Å². The summed E-state index contributed by atoms with van der Waals surface area (Å²) in [6.45, 7) is 3.04. The Morgan fingerprint density at radius 2 is 2.05 bits per heavy atom. The molecule has 8 heteroatoms. The molecule has 108 valence electrons. The SMILES string of the molecule is Cc1ncc(S(=O)(=O)NC(C)c2cc(F)ccc2F)[nH]1. The summed E-state index contributed by atoms with van der Waals surface area (Å²) in [5.74, 6) is -0.873. The number of rotatable bonds is 4. The predicted octanol–water partition coefficient (Wildman–Crippen LogP) is 2.04. The molecule has 0 radical (unpaired) electrons. The van der Waals surface area contributed by atoms with Gasteiger partial charge < -0.3 is 4.98 Å². The van der Waals surface area contributed by atoms with E-state index in [0.717, 1.165) is 24.4 Å². The minimum atomic E-state index is -3.87. The molecule has 2 N–H and O–H groups in total. The van der Waals surface area contributed by atoms with E-state index in [2.05, 4.69) is 14.7 Å². The summed E-state index contributed by atoms with van der Waals surface area (Å²) in [5.41, 5.74) is -0.0650. The standard InChI is InChI=1S/C12H13F2N3O2S/c1-7(10-5-9(13)3-4-11(10)14)17-20(18,19)12-6-15-8(2)16-12/h3-7,17H,1-2H3,(H,15,16). The van der Waals surface area contributed by atoms with Crippen molar-refractivity contribution in [2.24, 2.45) is 0 Å². The van der Waals surface area contributed by atoms with Crippen LogP contribution in [-0.2, 0) is 10.0 Å². The van der Waals surface area contributed by atoms with E-state index in [4.69, 9.17) is 0 Å². The highest BCUT2D eigenvalue weighted by Crippen LogP contribution is 2.20. The Morgan fingerprint density at radius 3 is 2.65 bits per heavy atom. The summed E-state index contributed by atoms with van der Waals surface area (Å²) in [7, 11) is -3.87. The number of benzene rings is 1. The highest BCUT2D eigenvalue weighted by molar-refractivity contribution is 7.89. The summed E-state index contributed by atoms with van der Waals surface area (Å²) in [6, 6.07) is 1.97. The molecule has 20 heavy (non-hydrogen) atoms. The Morgan fingerprint density at radius 1 is 1.35 bits per heavy atom. The number of halogens is 2. The van der Waals surface area contributed by atoms with Crippen LogP contribution in [0.2, 0.25) is 0 Å². The molecule has 0 aliphatic heterocycles. The van der Waals surface area contributed by atoms with Crippen molar-refractivity contribution < 1.29 is 17.2 Å². The second-order valence-electron chi connectivity index (χ2n) is 4.34. The largest absolute Gasteiger partial charge is 0.332 e. The van der Waals surface area contributed by atoms with Crippen LogP contribution in [0.5, 0.6) is 0 Å². The average molecular weight is 301 g/mol. The molecular weight excluding hydrogens is 288 g/mol. The lowest BCUT2D eigenvalue weighted by Crippen LogP contribution is -2.27. The average Bonchev–Trinajstić information content (AvgIpc) is 2.79. The number of aromatic amines is 1. The lowest BCUT2D eigenvalue weighted by molar-refractivity contribution is 0.540. The lowest BCUT2D eigenvalue weighted by Gasteiger charge is -2.14. The predicted molar refractivity (Wildman–Crippen MR) is 68.4 cm³/mol. The van der Waals surface area contributed by atoms with Gasteiger partial charge in [-0.1, -0.05) is 0 Å². The van der Waals surface area contributed by atoms with Crippen molar-refractivity contribution >= 4 is 10.0 Å². The quantitative estimate of drug-likeness (QED) is 0.907. The van der Waals surface area contributed by atoms with Crippen LogP contribution in [0.25, 0.3) is 0 Å². The van der Waals surface area contributed by atoms with E-state index in [-0.39, 0.29) is 10.6 Å². The number of nitrogens with one attached hydrogen (secondary N) is 2. The third-order valence-electron chi connectivity index (χ3n) is 2.73. The van der Waals surface area contributed by atoms with Gasteiger partial charge in [-0.05, 0) is 32.0 Å². The number of sulfonamides is 1. The molecule has 1 aromatic heterocycles. The molecule has 2 rings (SSSR count). The van der Waals surface area contributed by atoms with Gasteiger partial charge in [0.1, 0.15) is 17.5 Å². The fraction of sp³-hybridized carbons (Fsp3) is 0.250. The van der Waals surface area contributed by atoms with Crippen LogP contribution in [0.4, 0.5) is 8.78 Å². The van der Waals surface area contributed by atoms with Crippen molar-refractivity contribution in [1.29, 1.82) is 0 Å². The first kappa shape index (κ1) is 14.6. The van der Waals surface area contributed by atoms with E-state index in [1.54, 1.807) is 6.92 Å². The van der Waals surface area contributed by atoms with Crippen molar-refractivity contribution in [2.75, 3.05) is 0 Å². The van der Waals surface area contributed by atoms with Crippen LogP contribution in [0.15, 0.2) is 29.4 Å². The van der Waals surface area contributed by atoms with Crippen molar-refractivity contribution in [3.8, 4) is 0 Å². The summed E-state index contributed by atoms with van der Waals surface area (Å²) in [5, 5.41) is -0.126. The summed E-state index contributed by atoms with van der Waals surface area (Å²) in [4.78, 5) is 6.36. The van der Waals surface area contributed by atoms with Crippen LogP contribution < -0.4 is 4.72 Å². The van der Waals surface area contributed by atoms with Gasteiger partial charge in [-0.2, -0.15) is 0 Å². The molecule has 5 nitrogen and oxygen atoms in total. The highest BCUT2D eigenvalue weighted by atomic mass is 32.2. The molecule has 0 aliphatic carbocycles. The minimum Gasteiger partial charge on any atom is -0.332 e. The molecule has 0 aliphatic rings. The fourth-order valence-electron chi connectivity index (χ4n) is 1.74. The Labute approximate surface area is 115 Å². The maximum Gasteiger partial charge on any atom is 0.258 e. The Kier molecular flexibility index (Phi) is 3.87. The third-order valence-corrected chi connectivity index (χ3v) is 4.18. The van der Waals surface area contributed by atoms with Crippen LogP contribution in [-0.4, -0.2) is 18.4 Å². The molecule has 1 unspecified atom stereocenters. The molecule has 2 aromatic rings. The zero-order valence-electron chi connectivity index (χ0n) is 10.8. The van der Waals surface area contributed by atoms with Crippen molar-refractivity contribution in [1.82, 2.24) is 14.7 Å². The third kappa shape index (κ3) is 3.02. The maximum atomic E-state index is 13.6. The Hall–Kier alpha value is -1.80. The van der Waals surface area contributed by atoms with Crippen LogP contribution in [0.3, 0.4) is 0 Å². The molecule has 0 fully saturated rings. The zero-order chi connectivity index (χ0) is 14.9. The van der Waals surface area contributed by atoms with E-state index in [0.29, 0.717) is 5.82 Å². The van der Waals surface area contributed by atoms with E-state index < -0.39 is 27.7 Å². The van der Waals surface area contributed by atoms with E-state index >= 15 is 0 Å². The monoisotopic (exact) mass is 301 g/mol. The molecular formula is C12H13F2N3O2S. The highest BCUT2D eigenvalue weighted by Gasteiger charge is 2.22. The summed E-state index contributed by atoms with van der Waals surface area (Å²) in [6.07, 6.45) is 1.16. The number of nitrogens with zero attached hydrogens (tertiary/aromatic N) is 1. The van der Waals surface area contributed by atoms with Gasteiger partial charge in [0.05, 0.1) is 6.20 Å². The number of hydrogen-bond donors (Lipinski definition) is 2. The Bertz CT molecular complexity index is 728. The molecule has 0 amide bonds. The van der Waals surface area contributed by atoms with Gasteiger partial charge in [0.15, 0.2) is 5.03 Å². The first-order valence-corrected chi connectivity index (χ1v) is 7.27. The molecule has 1 aromatic carbocycles. The van der Waals surface area contributed by atoms with Gasteiger partial charge >= 0.3 is 0 Å². The van der Waals surface area contributed by atoms with Gasteiger partial charge in [0.25, 0.3) is 10.0 Å². The smallest absolute Gasteiger partial charge is 0.258 e. The fourth-order valence-corrected chi connectivity index (χ4v) is 2.93. The lowest BCUT2D eigenvalue weighted by atomic mass is 10.1.